The van der Waals surface area contributed by atoms with Crippen LogP contribution in [0.25, 0.3) is 0 Å². The van der Waals surface area contributed by atoms with E-state index in [1.165, 1.54) is 5.56 Å². The Balaban J connectivity index is 1.45. The van der Waals surface area contributed by atoms with Crippen LogP contribution in [-0.4, -0.2) is 60.5 Å². The van der Waals surface area contributed by atoms with Crippen LogP contribution >= 0.6 is 0 Å². The maximum atomic E-state index is 10.4. The summed E-state index contributed by atoms with van der Waals surface area (Å²) in [5.41, 5.74) is 2.33. The smallest absolute Gasteiger partial charge is 0.114 e. The first-order chi connectivity index (χ1) is 13.3. The Bertz CT molecular complexity index is 642. The average molecular weight is 369 g/mol. The Labute approximate surface area is 163 Å². The summed E-state index contributed by atoms with van der Waals surface area (Å²) in [6.45, 7) is 7.82. The lowest BCUT2D eigenvalue weighted by atomic mass is 10.1. The molecule has 0 bridgehead atoms. The van der Waals surface area contributed by atoms with E-state index < -0.39 is 0 Å². The molecule has 0 spiro atoms. The van der Waals surface area contributed by atoms with Crippen molar-refractivity contribution in [2.24, 2.45) is 0 Å². The summed E-state index contributed by atoms with van der Waals surface area (Å²) < 4.78 is 6.04. The first-order valence-corrected chi connectivity index (χ1v) is 10.1. The monoisotopic (exact) mass is 368 g/mol. The molecule has 1 aliphatic heterocycles. The van der Waals surface area contributed by atoms with Crippen LogP contribution in [0.5, 0.6) is 0 Å². The maximum Gasteiger partial charge on any atom is 0.114 e. The number of aliphatic hydroxyl groups is 1. The zero-order valence-corrected chi connectivity index (χ0v) is 16.3. The van der Waals surface area contributed by atoms with E-state index in [1.807, 2.05) is 30.3 Å². The van der Waals surface area contributed by atoms with Crippen molar-refractivity contribution in [2.45, 2.75) is 32.1 Å². The second-order valence-electron chi connectivity index (χ2n) is 7.19. The van der Waals surface area contributed by atoms with Crippen molar-refractivity contribution in [3.8, 4) is 0 Å². The van der Waals surface area contributed by atoms with Crippen molar-refractivity contribution in [2.75, 3.05) is 39.3 Å². The predicted octanol–water partition coefficient (Wildman–Crippen LogP) is 3.33. The molecule has 4 heteroatoms. The van der Waals surface area contributed by atoms with Crippen LogP contribution in [-0.2, 0) is 11.2 Å². The van der Waals surface area contributed by atoms with Gasteiger partial charge in [0.1, 0.15) is 6.23 Å². The molecule has 1 fully saturated rings. The molecule has 27 heavy (non-hydrogen) atoms. The summed E-state index contributed by atoms with van der Waals surface area (Å²) >= 11 is 0. The van der Waals surface area contributed by atoms with E-state index in [9.17, 15) is 5.11 Å². The van der Waals surface area contributed by atoms with Gasteiger partial charge in [0, 0.05) is 45.8 Å². The number of ether oxygens (including phenoxy) is 1. The first kappa shape index (κ1) is 20.0. The lowest BCUT2D eigenvalue weighted by Gasteiger charge is -2.39. The van der Waals surface area contributed by atoms with E-state index in [1.54, 1.807) is 0 Å². The van der Waals surface area contributed by atoms with Gasteiger partial charge in [-0.2, -0.15) is 0 Å². The summed E-state index contributed by atoms with van der Waals surface area (Å²) in [6, 6.07) is 20.5. The van der Waals surface area contributed by atoms with Gasteiger partial charge in [0.25, 0.3) is 0 Å². The minimum atomic E-state index is -0.376. The van der Waals surface area contributed by atoms with Gasteiger partial charge in [-0.05, 0) is 24.5 Å². The molecule has 1 saturated heterocycles. The molecule has 0 radical (unpaired) electrons. The van der Waals surface area contributed by atoms with E-state index in [4.69, 9.17) is 4.74 Å². The van der Waals surface area contributed by atoms with Crippen molar-refractivity contribution in [1.29, 1.82) is 0 Å². The molecular weight excluding hydrogens is 336 g/mol. The van der Waals surface area contributed by atoms with Gasteiger partial charge in [-0.25, -0.2) is 0 Å². The maximum absolute atomic E-state index is 10.4. The first-order valence-electron chi connectivity index (χ1n) is 10.1. The summed E-state index contributed by atoms with van der Waals surface area (Å²) in [4.78, 5) is 4.91. The van der Waals surface area contributed by atoms with Crippen molar-refractivity contribution >= 4 is 0 Å². The van der Waals surface area contributed by atoms with Gasteiger partial charge in [0.15, 0.2) is 0 Å². The minimum absolute atomic E-state index is 0.148. The SMILES string of the molecule is CCOC(Cc1ccccc1)N1CCN(CCC(O)c2ccccc2)CC1. The molecule has 2 aromatic rings. The fourth-order valence-electron chi connectivity index (χ4n) is 3.72. The van der Waals surface area contributed by atoms with Gasteiger partial charge in [-0.1, -0.05) is 60.7 Å². The standard InChI is InChI=1S/C23H32N2O2/c1-2-27-23(19-20-9-5-3-6-10-20)25-17-15-24(16-18-25)14-13-22(26)21-11-7-4-8-12-21/h3-12,22-23,26H,2,13-19H2,1H3. The number of rotatable bonds is 9. The van der Waals surface area contributed by atoms with E-state index in [2.05, 4.69) is 47.1 Å². The van der Waals surface area contributed by atoms with E-state index in [-0.39, 0.29) is 12.3 Å². The Morgan fingerprint density at radius 2 is 1.56 bits per heavy atom. The quantitative estimate of drug-likeness (QED) is 0.736. The van der Waals surface area contributed by atoms with Crippen molar-refractivity contribution < 1.29 is 9.84 Å². The lowest BCUT2D eigenvalue weighted by Crippen LogP contribution is -2.52. The summed E-state index contributed by atoms with van der Waals surface area (Å²) in [7, 11) is 0. The fraction of sp³-hybridized carbons (Fsp3) is 0.478. The zero-order chi connectivity index (χ0) is 18.9. The molecule has 0 aromatic heterocycles. The highest BCUT2D eigenvalue weighted by atomic mass is 16.5. The van der Waals surface area contributed by atoms with E-state index >= 15 is 0 Å². The molecule has 2 aromatic carbocycles. The van der Waals surface area contributed by atoms with Crippen LogP contribution in [0, 0.1) is 0 Å². The van der Waals surface area contributed by atoms with Gasteiger partial charge in [0.2, 0.25) is 0 Å². The van der Waals surface area contributed by atoms with Crippen LogP contribution in [0.15, 0.2) is 60.7 Å². The van der Waals surface area contributed by atoms with Gasteiger partial charge >= 0.3 is 0 Å². The molecule has 4 nitrogen and oxygen atoms in total. The van der Waals surface area contributed by atoms with Gasteiger partial charge in [-0.3, -0.25) is 4.90 Å². The predicted molar refractivity (Wildman–Crippen MR) is 110 cm³/mol. The van der Waals surface area contributed by atoms with Crippen molar-refractivity contribution in [3.63, 3.8) is 0 Å². The Kier molecular flexibility index (Phi) is 7.84. The Morgan fingerprint density at radius 1 is 0.926 bits per heavy atom. The molecular formula is C23H32N2O2. The highest BCUT2D eigenvalue weighted by Crippen LogP contribution is 2.18. The van der Waals surface area contributed by atoms with Crippen LogP contribution < -0.4 is 0 Å². The topological polar surface area (TPSA) is 35.9 Å². The Hall–Kier alpha value is -1.72. The number of hydrogen-bond acceptors (Lipinski definition) is 4. The molecule has 2 atom stereocenters. The van der Waals surface area contributed by atoms with E-state index in [0.717, 1.165) is 57.7 Å². The lowest BCUT2D eigenvalue weighted by molar-refractivity contribution is -0.0719. The molecule has 0 saturated carbocycles. The van der Waals surface area contributed by atoms with Crippen molar-refractivity contribution in [1.82, 2.24) is 9.80 Å². The summed E-state index contributed by atoms with van der Waals surface area (Å²) in [5, 5.41) is 10.4. The van der Waals surface area contributed by atoms with Gasteiger partial charge in [-0.15, -0.1) is 0 Å². The molecule has 146 valence electrons. The number of hydrogen-bond donors (Lipinski definition) is 1. The minimum Gasteiger partial charge on any atom is -0.388 e. The largest absolute Gasteiger partial charge is 0.388 e. The van der Waals surface area contributed by atoms with Crippen molar-refractivity contribution in [3.05, 3.63) is 71.8 Å². The number of aliphatic hydroxyl groups excluding tert-OH is 1. The third-order valence-electron chi connectivity index (χ3n) is 5.33. The number of piperazine rings is 1. The molecule has 1 N–H and O–H groups in total. The van der Waals surface area contributed by atoms with E-state index in [0.29, 0.717) is 0 Å². The molecule has 2 unspecified atom stereocenters. The second kappa shape index (κ2) is 10.6. The highest BCUT2D eigenvalue weighted by molar-refractivity contribution is 5.17. The Morgan fingerprint density at radius 3 is 2.19 bits per heavy atom. The third kappa shape index (κ3) is 6.15. The summed E-state index contributed by atoms with van der Waals surface area (Å²) in [5.74, 6) is 0. The molecule has 1 heterocycles. The number of nitrogens with zero attached hydrogens (tertiary/aromatic N) is 2. The molecule has 0 amide bonds. The third-order valence-corrected chi connectivity index (χ3v) is 5.33. The van der Waals surface area contributed by atoms with Crippen LogP contribution in [0.4, 0.5) is 0 Å². The molecule has 0 aliphatic carbocycles. The highest BCUT2D eigenvalue weighted by Gasteiger charge is 2.24. The van der Waals surface area contributed by atoms with Crippen LogP contribution in [0.3, 0.4) is 0 Å². The van der Waals surface area contributed by atoms with Crippen LogP contribution in [0.2, 0.25) is 0 Å². The zero-order valence-electron chi connectivity index (χ0n) is 16.3. The number of benzene rings is 2. The van der Waals surface area contributed by atoms with Crippen LogP contribution in [0.1, 0.15) is 30.6 Å². The normalized spacial score (nSPS) is 18.3. The fourth-order valence-corrected chi connectivity index (χ4v) is 3.72. The second-order valence-corrected chi connectivity index (χ2v) is 7.19. The average Bonchev–Trinajstić information content (AvgIpc) is 2.73. The summed E-state index contributed by atoms with van der Waals surface area (Å²) in [6.07, 6.45) is 1.48. The molecule has 1 aliphatic rings. The van der Waals surface area contributed by atoms with Gasteiger partial charge in [0.05, 0.1) is 6.10 Å². The van der Waals surface area contributed by atoms with Gasteiger partial charge < -0.3 is 14.7 Å². The molecule has 3 rings (SSSR count).